The first kappa shape index (κ1) is 9.29. The summed E-state index contributed by atoms with van der Waals surface area (Å²) < 4.78 is 3.46. The third-order valence-electron chi connectivity index (χ3n) is 2.73. The Labute approximate surface area is 102 Å². The van der Waals surface area contributed by atoms with Crippen LogP contribution >= 0.6 is 0 Å². The van der Waals surface area contributed by atoms with Crippen LogP contribution in [0.5, 0.6) is 0 Å². The van der Waals surface area contributed by atoms with E-state index in [4.69, 9.17) is 0 Å². The van der Waals surface area contributed by atoms with Crippen LogP contribution in [0.25, 0.3) is 22.7 Å². The number of nitrogens with zero attached hydrogens (tertiary/aromatic N) is 6. The van der Waals surface area contributed by atoms with Gasteiger partial charge in [0.15, 0.2) is 11.3 Å². The van der Waals surface area contributed by atoms with E-state index in [9.17, 15) is 0 Å². The summed E-state index contributed by atoms with van der Waals surface area (Å²) in [4.78, 5) is 8.46. The SMILES string of the molecule is c1cnc2cc(-c3cc4ncccn4n3)nn2c1. The lowest BCUT2D eigenvalue weighted by Gasteiger charge is -1.87. The van der Waals surface area contributed by atoms with Crippen molar-refractivity contribution in [1.82, 2.24) is 29.2 Å². The first-order chi connectivity index (χ1) is 8.90. The van der Waals surface area contributed by atoms with Crippen LogP contribution in [0, 0.1) is 0 Å². The molecule has 0 aliphatic heterocycles. The van der Waals surface area contributed by atoms with Crippen LogP contribution in [0.4, 0.5) is 0 Å². The molecule has 0 aromatic carbocycles. The van der Waals surface area contributed by atoms with Gasteiger partial charge in [-0.15, -0.1) is 0 Å². The fourth-order valence-corrected chi connectivity index (χ4v) is 1.91. The minimum atomic E-state index is 0.791. The molecule has 0 aliphatic rings. The van der Waals surface area contributed by atoms with E-state index < -0.39 is 0 Å². The minimum absolute atomic E-state index is 0.791. The molecular formula is C12H8N6. The summed E-state index contributed by atoms with van der Waals surface area (Å²) in [6.07, 6.45) is 7.21. The molecule has 0 aliphatic carbocycles. The van der Waals surface area contributed by atoms with Gasteiger partial charge in [-0.2, -0.15) is 10.2 Å². The van der Waals surface area contributed by atoms with Crippen molar-refractivity contribution in [3.63, 3.8) is 0 Å². The second kappa shape index (κ2) is 3.36. The van der Waals surface area contributed by atoms with Gasteiger partial charge in [0.25, 0.3) is 0 Å². The topological polar surface area (TPSA) is 60.4 Å². The molecule has 0 unspecified atom stereocenters. The van der Waals surface area contributed by atoms with E-state index in [1.807, 2.05) is 36.7 Å². The molecule has 4 aromatic heterocycles. The Morgan fingerprint density at radius 1 is 0.722 bits per heavy atom. The Hall–Kier alpha value is -2.76. The molecule has 0 amide bonds. The molecule has 18 heavy (non-hydrogen) atoms. The van der Waals surface area contributed by atoms with Gasteiger partial charge in [0.2, 0.25) is 0 Å². The summed E-state index contributed by atoms with van der Waals surface area (Å²) >= 11 is 0. The minimum Gasteiger partial charge on any atom is -0.237 e. The second-order valence-corrected chi connectivity index (χ2v) is 3.90. The summed E-state index contributed by atoms with van der Waals surface area (Å²) in [5.41, 5.74) is 3.19. The van der Waals surface area contributed by atoms with Gasteiger partial charge in [-0.3, -0.25) is 0 Å². The molecule has 0 saturated heterocycles. The third kappa shape index (κ3) is 1.29. The molecule has 4 rings (SSSR count). The van der Waals surface area contributed by atoms with E-state index in [0.29, 0.717) is 0 Å². The van der Waals surface area contributed by atoms with Gasteiger partial charge >= 0.3 is 0 Å². The molecule has 4 heterocycles. The Bertz CT molecular complexity index is 706. The Morgan fingerprint density at radius 2 is 1.22 bits per heavy atom. The summed E-state index contributed by atoms with van der Waals surface area (Å²) in [6.45, 7) is 0. The molecule has 4 aromatic rings. The largest absolute Gasteiger partial charge is 0.237 e. The van der Waals surface area contributed by atoms with E-state index in [0.717, 1.165) is 22.7 Å². The first-order valence-corrected chi connectivity index (χ1v) is 5.51. The number of hydrogen-bond acceptors (Lipinski definition) is 4. The number of rotatable bonds is 1. The normalized spacial score (nSPS) is 11.3. The van der Waals surface area contributed by atoms with Crippen molar-refractivity contribution in [2.24, 2.45) is 0 Å². The Morgan fingerprint density at radius 3 is 1.67 bits per heavy atom. The lowest BCUT2D eigenvalue weighted by molar-refractivity contribution is 0.919. The molecule has 0 radical (unpaired) electrons. The standard InChI is InChI=1S/C12H8N6/c1-3-13-11-7-9(15-17(11)5-1)10-8-12-14-4-2-6-18(12)16-10/h1-8H. The van der Waals surface area contributed by atoms with E-state index in [1.165, 1.54) is 0 Å². The molecule has 86 valence electrons. The lowest BCUT2D eigenvalue weighted by Crippen LogP contribution is -1.88. The first-order valence-electron chi connectivity index (χ1n) is 5.51. The predicted octanol–water partition coefficient (Wildman–Crippen LogP) is 1.44. The predicted molar refractivity (Wildman–Crippen MR) is 65.0 cm³/mol. The van der Waals surface area contributed by atoms with E-state index in [-0.39, 0.29) is 0 Å². The van der Waals surface area contributed by atoms with Crippen LogP contribution < -0.4 is 0 Å². The summed E-state index contributed by atoms with van der Waals surface area (Å²) in [5.74, 6) is 0. The molecule has 0 atom stereocenters. The average Bonchev–Trinajstić information content (AvgIpc) is 3.02. The molecule has 0 spiro atoms. The zero-order valence-electron chi connectivity index (χ0n) is 9.30. The van der Waals surface area contributed by atoms with Crippen LogP contribution in [-0.2, 0) is 0 Å². The second-order valence-electron chi connectivity index (χ2n) is 3.90. The van der Waals surface area contributed by atoms with Gasteiger partial charge in [-0.1, -0.05) is 0 Å². The van der Waals surface area contributed by atoms with Crippen molar-refractivity contribution in [2.75, 3.05) is 0 Å². The number of hydrogen-bond donors (Lipinski definition) is 0. The van der Waals surface area contributed by atoms with Crippen LogP contribution in [0.3, 0.4) is 0 Å². The number of aromatic nitrogens is 6. The smallest absolute Gasteiger partial charge is 0.155 e. The van der Waals surface area contributed by atoms with E-state index in [1.54, 1.807) is 21.4 Å². The Balaban J connectivity index is 1.95. The quantitative estimate of drug-likeness (QED) is 0.501. The zero-order chi connectivity index (χ0) is 11.9. The molecule has 6 nitrogen and oxygen atoms in total. The Kier molecular flexibility index (Phi) is 1.74. The van der Waals surface area contributed by atoms with Crippen LogP contribution in [0.2, 0.25) is 0 Å². The highest BCUT2D eigenvalue weighted by Gasteiger charge is 2.09. The fraction of sp³-hybridized carbons (Fsp3) is 0. The molecular weight excluding hydrogens is 228 g/mol. The maximum atomic E-state index is 4.43. The zero-order valence-corrected chi connectivity index (χ0v) is 9.30. The summed E-state index contributed by atoms with van der Waals surface area (Å²) in [6, 6.07) is 7.49. The van der Waals surface area contributed by atoms with Gasteiger partial charge in [-0.05, 0) is 12.1 Å². The highest BCUT2D eigenvalue weighted by molar-refractivity contribution is 5.64. The molecule has 0 bridgehead atoms. The maximum Gasteiger partial charge on any atom is 0.155 e. The van der Waals surface area contributed by atoms with Gasteiger partial charge < -0.3 is 0 Å². The molecule has 6 heteroatoms. The summed E-state index contributed by atoms with van der Waals surface area (Å²) in [5, 5.41) is 8.86. The molecule has 0 saturated carbocycles. The average molecular weight is 236 g/mol. The van der Waals surface area contributed by atoms with Crippen LogP contribution in [-0.4, -0.2) is 29.2 Å². The van der Waals surface area contributed by atoms with Gasteiger partial charge in [0.1, 0.15) is 11.4 Å². The number of fused-ring (bicyclic) bond motifs is 2. The van der Waals surface area contributed by atoms with Crippen molar-refractivity contribution in [3.8, 4) is 11.4 Å². The van der Waals surface area contributed by atoms with Gasteiger partial charge in [0, 0.05) is 36.9 Å². The highest BCUT2D eigenvalue weighted by atomic mass is 15.3. The van der Waals surface area contributed by atoms with Crippen molar-refractivity contribution in [3.05, 3.63) is 49.1 Å². The molecule has 0 N–H and O–H groups in total. The van der Waals surface area contributed by atoms with E-state index >= 15 is 0 Å². The molecule has 0 fully saturated rings. The van der Waals surface area contributed by atoms with Crippen molar-refractivity contribution < 1.29 is 0 Å². The van der Waals surface area contributed by atoms with Crippen LogP contribution in [0.15, 0.2) is 49.1 Å². The van der Waals surface area contributed by atoms with Gasteiger partial charge in [-0.25, -0.2) is 19.0 Å². The fourth-order valence-electron chi connectivity index (χ4n) is 1.91. The monoisotopic (exact) mass is 236 g/mol. The summed E-state index contributed by atoms with van der Waals surface area (Å²) in [7, 11) is 0. The van der Waals surface area contributed by atoms with E-state index in [2.05, 4.69) is 20.2 Å². The lowest BCUT2D eigenvalue weighted by atomic mass is 10.3. The van der Waals surface area contributed by atoms with Crippen LogP contribution in [0.1, 0.15) is 0 Å². The maximum absolute atomic E-state index is 4.43. The van der Waals surface area contributed by atoms with Gasteiger partial charge in [0.05, 0.1) is 0 Å². The third-order valence-corrected chi connectivity index (χ3v) is 2.73. The van der Waals surface area contributed by atoms with Crippen molar-refractivity contribution in [2.45, 2.75) is 0 Å². The van der Waals surface area contributed by atoms with Crippen molar-refractivity contribution >= 4 is 11.3 Å². The van der Waals surface area contributed by atoms with Crippen molar-refractivity contribution in [1.29, 1.82) is 0 Å². The highest BCUT2D eigenvalue weighted by Crippen LogP contribution is 2.18.